The molecule has 5 nitrogen and oxygen atoms in total. The second-order valence-corrected chi connectivity index (χ2v) is 7.54. The van der Waals surface area contributed by atoms with Crippen molar-refractivity contribution in [3.05, 3.63) is 63.6 Å². The third kappa shape index (κ3) is 6.93. The SMILES string of the molecule is CN=C(NCc1ccc(Br)cc1)NCc1ccc(C)cc1OC1CCOC1.I. The molecule has 2 aromatic carbocycles. The van der Waals surface area contributed by atoms with Crippen LogP contribution >= 0.6 is 39.9 Å². The van der Waals surface area contributed by atoms with Gasteiger partial charge in [0, 0.05) is 36.6 Å². The summed E-state index contributed by atoms with van der Waals surface area (Å²) in [5.74, 6) is 1.68. The highest BCUT2D eigenvalue weighted by atomic mass is 127. The molecule has 1 aliphatic heterocycles. The number of hydrogen-bond donors (Lipinski definition) is 2. The second-order valence-electron chi connectivity index (χ2n) is 6.62. The van der Waals surface area contributed by atoms with Gasteiger partial charge < -0.3 is 20.1 Å². The average molecular weight is 560 g/mol. The zero-order valence-electron chi connectivity index (χ0n) is 16.2. The molecule has 152 valence electrons. The topological polar surface area (TPSA) is 54.9 Å². The van der Waals surface area contributed by atoms with Crippen molar-refractivity contribution in [2.45, 2.75) is 32.5 Å². The van der Waals surface area contributed by atoms with Crippen molar-refractivity contribution in [1.29, 1.82) is 0 Å². The van der Waals surface area contributed by atoms with Gasteiger partial charge in [0.2, 0.25) is 0 Å². The lowest BCUT2D eigenvalue weighted by Gasteiger charge is -2.18. The number of nitrogens with one attached hydrogen (secondary N) is 2. The minimum atomic E-state index is 0. The zero-order valence-corrected chi connectivity index (χ0v) is 20.1. The number of aliphatic imine (C=N–C) groups is 1. The molecule has 1 saturated heterocycles. The maximum absolute atomic E-state index is 6.16. The molecule has 28 heavy (non-hydrogen) atoms. The number of aryl methyl sites for hydroxylation is 1. The zero-order chi connectivity index (χ0) is 19.1. The Morgan fingerprint density at radius 3 is 2.61 bits per heavy atom. The van der Waals surface area contributed by atoms with Gasteiger partial charge in [0.1, 0.15) is 11.9 Å². The lowest BCUT2D eigenvalue weighted by atomic mass is 10.1. The van der Waals surface area contributed by atoms with Crippen LogP contribution in [-0.4, -0.2) is 32.3 Å². The predicted octanol–water partition coefficient (Wildman–Crippen LogP) is 4.41. The van der Waals surface area contributed by atoms with E-state index >= 15 is 0 Å². The van der Waals surface area contributed by atoms with Gasteiger partial charge in [-0.05, 0) is 36.2 Å². The monoisotopic (exact) mass is 559 g/mol. The molecule has 1 unspecified atom stereocenters. The molecule has 1 heterocycles. The molecule has 0 radical (unpaired) electrons. The Morgan fingerprint density at radius 1 is 1.18 bits per heavy atom. The van der Waals surface area contributed by atoms with Gasteiger partial charge in [-0.3, -0.25) is 4.99 Å². The summed E-state index contributed by atoms with van der Waals surface area (Å²) in [6, 6.07) is 14.5. The third-order valence-electron chi connectivity index (χ3n) is 4.45. The average Bonchev–Trinajstić information content (AvgIpc) is 3.18. The number of rotatable bonds is 6. The van der Waals surface area contributed by atoms with Crippen LogP contribution in [0.2, 0.25) is 0 Å². The highest BCUT2D eigenvalue weighted by molar-refractivity contribution is 14.0. The first-order valence-corrected chi connectivity index (χ1v) is 9.96. The third-order valence-corrected chi connectivity index (χ3v) is 4.98. The highest BCUT2D eigenvalue weighted by Crippen LogP contribution is 2.23. The molecular weight excluding hydrogens is 533 g/mol. The van der Waals surface area contributed by atoms with Gasteiger partial charge in [0.25, 0.3) is 0 Å². The summed E-state index contributed by atoms with van der Waals surface area (Å²) in [6.07, 6.45) is 1.08. The van der Waals surface area contributed by atoms with Crippen LogP contribution in [0.25, 0.3) is 0 Å². The van der Waals surface area contributed by atoms with Crippen LogP contribution in [0.4, 0.5) is 0 Å². The molecule has 1 atom stereocenters. The van der Waals surface area contributed by atoms with E-state index in [0.29, 0.717) is 19.7 Å². The standard InChI is InChI=1S/C21H26BrN3O2.HI/c1-15-3-6-17(20(11-15)27-19-9-10-26-14-19)13-25-21(23-2)24-12-16-4-7-18(22)8-5-16;/h3-8,11,19H,9-10,12-14H2,1-2H3,(H2,23,24,25);1H. The number of halogens is 2. The van der Waals surface area contributed by atoms with E-state index < -0.39 is 0 Å². The molecule has 0 aromatic heterocycles. The molecule has 7 heteroatoms. The van der Waals surface area contributed by atoms with Gasteiger partial charge in [-0.15, -0.1) is 24.0 Å². The lowest BCUT2D eigenvalue weighted by Crippen LogP contribution is -2.36. The van der Waals surface area contributed by atoms with Crippen LogP contribution in [0.3, 0.4) is 0 Å². The van der Waals surface area contributed by atoms with Gasteiger partial charge in [-0.1, -0.05) is 40.2 Å². The minimum absolute atomic E-state index is 0. The Bertz CT molecular complexity index is 778. The summed E-state index contributed by atoms with van der Waals surface area (Å²) in [5.41, 5.74) is 3.49. The summed E-state index contributed by atoms with van der Waals surface area (Å²) in [6.45, 7) is 4.87. The van der Waals surface area contributed by atoms with Crippen LogP contribution in [0.5, 0.6) is 5.75 Å². The van der Waals surface area contributed by atoms with E-state index in [1.807, 2.05) is 12.1 Å². The maximum Gasteiger partial charge on any atom is 0.191 e. The van der Waals surface area contributed by atoms with Crippen LogP contribution in [0.1, 0.15) is 23.1 Å². The second kappa shape index (κ2) is 11.6. The smallest absolute Gasteiger partial charge is 0.191 e. The molecule has 3 rings (SSSR count). The van der Waals surface area contributed by atoms with E-state index in [0.717, 1.165) is 34.8 Å². The van der Waals surface area contributed by atoms with Crippen molar-refractivity contribution in [1.82, 2.24) is 10.6 Å². The van der Waals surface area contributed by atoms with Crippen LogP contribution in [0.15, 0.2) is 51.9 Å². The van der Waals surface area contributed by atoms with Crippen molar-refractivity contribution < 1.29 is 9.47 Å². The van der Waals surface area contributed by atoms with E-state index in [2.05, 4.69) is 68.8 Å². The largest absolute Gasteiger partial charge is 0.488 e. The van der Waals surface area contributed by atoms with Crippen molar-refractivity contribution in [3.63, 3.8) is 0 Å². The quantitative estimate of drug-likeness (QED) is 0.313. The normalized spacial score (nSPS) is 16.4. The van der Waals surface area contributed by atoms with Gasteiger partial charge in [-0.2, -0.15) is 0 Å². The van der Waals surface area contributed by atoms with Crippen molar-refractivity contribution in [2.75, 3.05) is 20.3 Å². The molecule has 0 spiro atoms. The number of guanidine groups is 1. The first-order valence-electron chi connectivity index (χ1n) is 9.17. The van der Waals surface area contributed by atoms with E-state index in [-0.39, 0.29) is 30.1 Å². The first-order chi connectivity index (χ1) is 13.1. The van der Waals surface area contributed by atoms with Gasteiger partial charge in [0.05, 0.1) is 13.2 Å². The van der Waals surface area contributed by atoms with Gasteiger partial charge in [-0.25, -0.2) is 0 Å². The van der Waals surface area contributed by atoms with E-state index in [4.69, 9.17) is 9.47 Å². The Balaban J connectivity index is 0.00000280. The Morgan fingerprint density at radius 2 is 1.93 bits per heavy atom. The Hall–Kier alpha value is -1.32. The Labute approximate surface area is 192 Å². The summed E-state index contributed by atoms with van der Waals surface area (Å²) in [5, 5.41) is 6.71. The minimum Gasteiger partial charge on any atom is -0.488 e. The molecule has 2 aromatic rings. The fraction of sp³-hybridized carbons (Fsp3) is 0.381. The van der Waals surface area contributed by atoms with Gasteiger partial charge in [0.15, 0.2) is 5.96 Å². The van der Waals surface area contributed by atoms with Crippen molar-refractivity contribution in [3.8, 4) is 5.75 Å². The first kappa shape index (κ1) is 23.0. The molecule has 0 bridgehead atoms. The van der Waals surface area contributed by atoms with Crippen molar-refractivity contribution in [2.24, 2.45) is 4.99 Å². The van der Waals surface area contributed by atoms with E-state index in [1.165, 1.54) is 11.1 Å². The molecule has 2 N–H and O–H groups in total. The van der Waals surface area contributed by atoms with E-state index in [1.54, 1.807) is 7.05 Å². The highest BCUT2D eigenvalue weighted by Gasteiger charge is 2.18. The van der Waals surface area contributed by atoms with E-state index in [9.17, 15) is 0 Å². The summed E-state index contributed by atoms with van der Waals surface area (Å²) in [4.78, 5) is 4.31. The maximum atomic E-state index is 6.16. The number of hydrogen-bond acceptors (Lipinski definition) is 3. The molecule has 0 amide bonds. The molecule has 0 saturated carbocycles. The number of ether oxygens (including phenoxy) is 2. The fourth-order valence-corrected chi connectivity index (χ4v) is 3.15. The fourth-order valence-electron chi connectivity index (χ4n) is 2.89. The number of nitrogens with zero attached hydrogens (tertiary/aromatic N) is 1. The van der Waals surface area contributed by atoms with Crippen molar-refractivity contribution >= 4 is 45.9 Å². The summed E-state index contributed by atoms with van der Waals surface area (Å²) in [7, 11) is 1.78. The van der Waals surface area contributed by atoms with Crippen LogP contribution < -0.4 is 15.4 Å². The summed E-state index contributed by atoms with van der Waals surface area (Å²) < 4.78 is 12.7. The molecule has 0 aliphatic carbocycles. The Kier molecular flexibility index (Phi) is 9.53. The predicted molar refractivity (Wildman–Crippen MR) is 128 cm³/mol. The van der Waals surface area contributed by atoms with Crippen LogP contribution in [-0.2, 0) is 17.8 Å². The molecule has 1 aliphatic rings. The number of benzene rings is 2. The van der Waals surface area contributed by atoms with Gasteiger partial charge >= 0.3 is 0 Å². The lowest BCUT2D eigenvalue weighted by molar-refractivity contribution is 0.140. The molecular formula is C21H27BrIN3O2. The molecule has 1 fully saturated rings. The summed E-state index contributed by atoms with van der Waals surface area (Å²) >= 11 is 3.46. The van der Waals surface area contributed by atoms with Crippen LogP contribution in [0, 0.1) is 6.92 Å².